The molecule has 0 radical (unpaired) electrons. The maximum absolute atomic E-state index is 12.9. The van der Waals surface area contributed by atoms with Crippen molar-refractivity contribution < 1.29 is 4.74 Å². The van der Waals surface area contributed by atoms with Crippen molar-refractivity contribution in [3.63, 3.8) is 0 Å². The summed E-state index contributed by atoms with van der Waals surface area (Å²) in [4.78, 5) is 6.07. The highest BCUT2D eigenvalue weighted by molar-refractivity contribution is 8.24. The summed E-state index contributed by atoms with van der Waals surface area (Å²) in [5.74, 6) is 0. The summed E-state index contributed by atoms with van der Waals surface area (Å²) in [6, 6.07) is 13.8. The molecule has 1 aromatic heterocycles. The number of hydroxylamine groups is 1. The van der Waals surface area contributed by atoms with Crippen LogP contribution in [-0.4, -0.2) is 36.1 Å². The molecule has 24 heavy (non-hydrogen) atoms. The zero-order chi connectivity index (χ0) is 17.2. The Morgan fingerprint density at radius 2 is 2.04 bits per heavy atom. The maximum Gasteiger partial charge on any atom is 0.254 e. The van der Waals surface area contributed by atoms with Gasteiger partial charge in [0.2, 0.25) is 0 Å². The number of nitrogens with zero attached hydrogens (tertiary/aromatic N) is 3. The minimum atomic E-state index is -0.365. The molecule has 0 N–H and O–H groups in total. The van der Waals surface area contributed by atoms with Crippen molar-refractivity contribution in [2.45, 2.75) is 31.3 Å². The first-order chi connectivity index (χ1) is 11.5. The molecule has 6 heteroatoms. The number of rotatable bonds is 4. The van der Waals surface area contributed by atoms with Crippen LogP contribution >= 0.6 is 24.0 Å². The van der Waals surface area contributed by atoms with E-state index in [2.05, 4.69) is 31.0 Å². The number of aromatic nitrogens is 1. The Bertz CT molecular complexity index is 747. The minimum Gasteiger partial charge on any atom is -0.622 e. The van der Waals surface area contributed by atoms with Gasteiger partial charge in [-0.2, -0.15) is 4.74 Å². The van der Waals surface area contributed by atoms with E-state index in [-0.39, 0.29) is 10.9 Å². The molecule has 0 bridgehead atoms. The summed E-state index contributed by atoms with van der Waals surface area (Å²) < 4.78 is 1.47. The van der Waals surface area contributed by atoms with Gasteiger partial charge in [-0.25, -0.2) is 0 Å². The molecule has 0 aliphatic carbocycles. The van der Waals surface area contributed by atoms with Crippen molar-refractivity contribution >= 4 is 34.5 Å². The molecule has 1 aromatic carbocycles. The second kappa shape index (κ2) is 6.91. The summed E-state index contributed by atoms with van der Waals surface area (Å²) in [5, 5.41) is 12.9. The van der Waals surface area contributed by atoms with E-state index in [1.54, 1.807) is 30.4 Å². The third kappa shape index (κ3) is 3.60. The van der Waals surface area contributed by atoms with Gasteiger partial charge in [0.05, 0.1) is 12.1 Å². The second-order valence-electron chi connectivity index (χ2n) is 6.23. The second-order valence-corrected chi connectivity index (χ2v) is 8.52. The number of thioether (sulfide) groups is 1. The Hall–Kier alpha value is -1.92. The summed E-state index contributed by atoms with van der Waals surface area (Å²) in [6.07, 6.45) is 4.60. The highest BCUT2D eigenvalue weighted by Crippen LogP contribution is 2.42. The van der Waals surface area contributed by atoms with Crippen LogP contribution < -0.4 is 0 Å². The van der Waals surface area contributed by atoms with E-state index in [9.17, 15) is 5.21 Å². The number of thiocarbonyl (C=S) groups is 1. The Labute approximate surface area is 151 Å². The summed E-state index contributed by atoms with van der Waals surface area (Å²) in [5.41, 5.74) is 1.92. The number of pyridine rings is 1. The lowest BCUT2D eigenvalue weighted by molar-refractivity contribution is -0.524. The third-order valence-corrected chi connectivity index (χ3v) is 5.53. The topological polar surface area (TPSA) is 42.2 Å². The molecule has 0 saturated carbocycles. The van der Waals surface area contributed by atoms with E-state index in [1.165, 1.54) is 0 Å². The van der Waals surface area contributed by atoms with Crippen LogP contribution in [0.15, 0.2) is 54.9 Å². The van der Waals surface area contributed by atoms with Crippen LogP contribution in [0.3, 0.4) is 0 Å². The van der Waals surface area contributed by atoms with Crippen molar-refractivity contribution in [3.05, 3.63) is 71.2 Å². The van der Waals surface area contributed by atoms with Crippen LogP contribution in [0, 0.1) is 5.21 Å². The molecular weight excluding hydrogens is 338 g/mol. The first-order valence-corrected chi connectivity index (χ1v) is 8.94. The zero-order valence-electron chi connectivity index (χ0n) is 13.6. The Balaban J connectivity index is 1.92. The van der Waals surface area contributed by atoms with Crippen LogP contribution in [-0.2, 0) is 6.54 Å². The predicted molar refractivity (Wildman–Crippen MR) is 103 cm³/mol. The summed E-state index contributed by atoms with van der Waals surface area (Å²) in [6.45, 7) is 4.74. The van der Waals surface area contributed by atoms with Gasteiger partial charge in [0, 0.05) is 12.4 Å². The van der Waals surface area contributed by atoms with E-state index in [4.69, 9.17) is 12.2 Å². The molecule has 1 fully saturated rings. The fourth-order valence-electron chi connectivity index (χ4n) is 2.86. The number of hydrogen-bond donors (Lipinski definition) is 0. The van der Waals surface area contributed by atoms with Crippen LogP contribution in [0.1, 0.15) is 25.0 Å². The molecular formula is C18H19N3OS2. The van der Waals surface area contributed by atoms with Gasteiger partial charge >= 0.3 is 0 Å². The van der Waals surface area contributed by atoms with E-state index in [0.29, 0.717) is 6.54 Å². The maximum atomic E-state index is 12.9. The first kappa shape index (κ1) is 16.9. The van der Waals surface area contributed by atoms with Crippen molar-refractivity contribution in [1.29, 1.82) is 0 Å². The fourth-order valence-corrected chi connectivity index (χ4v) is 4.73. The zero-order valence-corrected chi connectivity index (χ0v) is 15.3. The number of hydrogen-bond acceptors (Lipinski definition) is 4. The molecule has 1 aliphatic heterocycles. The highest BCUT2D eigenvalue weighted by atomic mass is 32.2. The molecule has 3 rings (SSSR count). The van der Waals surface area contributed by atoms with Gasteiger partial charge in [-0.1, -0.05) is 54.3 Å². The largest absolute Gasteiger partial charge is 0.622 e. The number of benzene rings is 1. The van der Waals surface area contributed by atoms with Gasteiger partial charge in [-0.05, 0) is 31.5 Å². The van der Waals surface area contributed by atoms with Crippen molar-refractivity contribution in [2.24, 2.45) is 0 Å². The summed E-state index contributed by atoms with van der Waals surface area (Å²) >= 11 is 7.12. The molecule has 4 nitrogen and oxygen atoms in total. The smallest absolute Gasteiger partial charge is 0.254 e. The normalized spacial score (nSPS) is 20.4. The molecule has 2 heterocycles. The minimum absolute atomic E-state index is 0.299. The van der Waals surface area contributed by atoms with Gasteiger partial charge in [0.1, 0.15) is 9.07 Å². The van der Waals surface area contributed by atoms with Gasteiger partial charge in [-0.3, -0.25) is 9.88 Å². The van der Waals surface area contributed by atoms with E-state index in [1.807, 2.05) is 35.2 Å². The van der Waals surface area contributed by atoms with Gasteiger partial charge < -0.3 is 5.21 Å². The van der Waals surface area contributed by atoms with E-state index in [0.717, 1.165) is 20.2 Å². The SMILES string of the molecule is CC1(C)SC(=S)N(Cc2ccccc2)[C@@H]1[N+]([O-])=Cc1cccnc1. The third-order valence-electron chi connectivity index (χ3n) is 3.90. The summed E-state index contributed by atoms with van der Waals surface area (Å²) in [7, 11) is 0. The average Bonchev–Trinajstić information content (AvgIpc) is 2.78. The van der Waals surface area contributed by atoms with Crippen molar-refractivity contribution in [2.75, 3.05) is 0 Å². The quantitative estimate of drug-likeness (QED) is 0.275. The van der Waals surface area contributed by atoms with Gasteiger partial charge in [0.25, 0.3) is 6.17 Å². The first-order valence-electron chi connectivity index (χ1n) is 7.71. The molecule has 2 aromatic rings. The molecule has 1 atom stereocenters. The Morgan fingerprint density at radius 3 is 2.71 bits per heavy atom. The lowest BCUT2D eigenvalue weighted by atomic mass is 10.1. The average molecular weight is 358 g/mol. The van der Waals surface area contributed by atoms with Crippen LogP contribution in [0.4, 0.5) is 0 Å². The fraction of sp³-hybridized carbons (Fsp3) is 0.278. The Kier molecular flexibility index (Phi) is 4.87. The lowest BCUT2D eigenvalue weighted by Crippen LogP contribution is -2.47. The molecule has 1 aliphatic rings. The van der Waals surface area contributed by atoms with Crippen LogP contribution in [0.2, 0.25) is 0 Å². The lowest BCUT2D eigenvalue weighted by Gasteiger charge is -2.29. The molecule has 0 unspecified atom stereocenters. The van der Waals surface area contributed by atoms with E-state index >= 15 is 0 Å². The monoisotopic (exact) mass is 357 g/mol. The molecule has 124 valence electrons. The molecule has 0 spiro atoms. The van der Waals surface area contributed by atoms with Gasteiger partial charge in [0.15, 0.2) is 6.21 Å². The predicted octanol–water partition coefficient (Wildman–Crippen LogP) is 3.65. The van der Waals surface area contributed by atoms with Crippen molar-refractivity contribution in [3.8, 4) is 0 Å². The Morgan fingerprint density at radius 1 is 1.29 bits per heavy atom. The standard InChI is InChI=1S/C18H19N3OS2/c1-18(2)16(21(22)13-15-9-6-10-19-11-15)20(17(23)24-18)12-14-7-4-3-5-8-14/h3-11,13,16H,12H2,1-2H3/t16-/m1/s1. The highest BCUT2D eigenvalue weighted by Gasteiger charge is 2.50. The van der Waals surface area contributed by atoms with Crippen LogP contribution in [0.25, 0.3) is 0 Å². The van der Waals surface area contributed by atoms with Crippen LogP contribution in [0.5, 0.6) is 0 Å². The molecule has 0 amide bonds. The van der Waals surface area contributed by atoms with Crippen molar-refractivity contribution in [1.82, 2.24) is 9.88 Å². The van der Waals surface area contributed by atoms with E-state index < -0.39 is 0 Å². The van der Waals surface area contributed by atoms with Gasteiger partial charge in [-0.15, -0.1) is 0 Å². The molecule has 1 saturated heterocycles.